The van der Waals surface area contributed by atoms with Crippen molar-refractivity contribution in [3.63, 3.8) is 0 Å². The third-order valence-electron chi connectivity index (χ3n) is 2.14. The molecule has 0 heterocycles. The first kappa shape index (κ1) is 7.92. The van der Waals surface area contributed by atoms with Crippen molar-refractivity contribution in [1.29, 1.82) is 0 Å². The van der Waals surface area contributed by atoms with E-state index in [-0.39, 0.29) is 0 Å². The van der Waals surface area contributed by atoms with Gasteiger partial charge in [-0.05, 0) is 37.5 Å². The molecule has 0 atom stereocenters. The van der Waals surface area contributed by atoms with Crippen molar-refractivity contribution in [3.8, 4) is 0 Å². The minimum absolute atomic E-state index is 0.561. The number of aryl methyl sites for hydroxylation is 1. The molecule has 0 saturated carbocycles. The Morgan fingerprint density at radius 2 is 1.55 bits per heavy atom. The molecule has 0 bridgehead atoms. The minimum atomic E-state index is 0.561. The molecular weight excluding hydrogens is 136 g/mol. The van der Waals surface area contributed by atoms with Gasteiger partial charge in [-0.3, -0.25) is 0 Å². The Morgan fingerprint density at radius 1 is 1.00 bits per heavy atom. The molecule has 1 rings (SSSR count). The first-order chi connectivity index (χ1) is 5.04. The van der Waals surface area contributed by atoms with Crippen molar-refractivity contribution in [1.82, 2.24) is 0 Å². The second-order valence-corrected chi connectivity index (χ2v) is 2.83. The van der Waals surface area contributed by atoms with Crippen molar-refractivity contribution in [2.75, 3.05) is 11.5 Å². The van der Waals surface area contributed by atoms with Crippen LogP contribution in [0.1, 0.15) is 16.7 Å². The first-order valence-electron chi connectivity index (χ1n) is 3.58. The van der Waals surface area contributed by atoms with E-state index in [4.69, 9.17) is 11.5 Å². The van der Waals surface area contributed by atoms with Gasteiger partial charge in [0.15, 0.2) is 0 Å². The third-order valence-corrected chi connectivity index (χ3v) is 2.14. The largest absolute Gasteiger partial charge is 0.397 e. The van der Waals surface area contributed by atoms with Gasteiger partial charge in [-0.15, -0.1) is 0 Å². The van der Waals surface area contributed by atoms with Crippen LogP contribution in [-0.4, -0.2) is 0 Å². The van der Waals surface area contributed by atoms with Gasteiger partial charge in [0.25, 0.3) is 0 Å². The lowest BCUT2D eigenvalue weighted by Crippen LogP contribution is -2.01. The normalized spacial score (nSPS) is 10.1. The summed E-state index contributed by atoms with van der Waals surface area (Å²) in [7, 11) is 0. The topological polar surface area (TPSA) is 52.0 Å². The Labute approximate surface area is 67.2 Å². The van der Waals surface area contributed by atoms with E-state index in [1.54, 1.807) is 0 Å². The average Bonchev–Trinajstić information content (AvgIpc) is 1.97. The standard InChI is InChI=1S/C9H13N2/c1-5-4-8(10)9(11)7(3)6(5)2/h10-11H2,1-3H3. The minimum Gasteiger partial charge on any atom is -0.397 e. The van der Waals surface area contributed by atoms with Crippen molar-refractivity contribution < 1.29 is 0 Å². The summed E-state index contributed by atoms with van der Waals surface area (Å²) < 4.78 is 0. The molecule has 4 N–H and O–H groups in total. The van der Waals surface area contributed by atoms with Crippen molar-refractivity contribution in [2.24, 2.45) is 0 Å². The highest BCUT2D eigenvalue weighted by Gasteiger charge is 2.04. The number of nitrogens with two attached hydrogens (primary N) is 2. The molecule has 2 nitrogen and oxygen atoms in total. The molecule has 1 radical (unpaired) electrons. The van der Waals surface area contributed by atoms with Crippen LogP contribution in [-0.2, 0) is 0 Å². The summed E-state index contributed by atoms with van der Waals surface area (Å²) in [6, 6.07) is 3.00. The molecule has 0 aliphatic carbocycles. The lowest BCUT2D eigenvalue weighted by molar-refractivity contribution is 1.27. The van der Waals surface area contributed by atoms with Crippen LogP contribution in [0.5, 0.6) is 0 Å². The third kappa shape index (κ3) is 1.16. The molecular formula is C9H13N2. The van der Waals surface area contributed by atoms with Crippen LogP contribution in [0.15, 0.2) is 0 Å². The van der Waals surface area contributed by atoms with Crippen molar-refractivity contribution in [3.05, 3.63) is 22.8 Å². The maximum atomic E-state index is 5.70. The Morgan fingerprint density at radius 3 is 2.09 bits per heavy atom. The average molecular weight is 149 g/mol. The summed E-state index contributed by atoms with van der Waals surface area (Å²) in [6.45, 7) is 5.98. The highest BCUT2D eigenvalue weighted by molar-refractivity contribution is 5.69. The Kier molecular flexibility index (Phi) is 1.77. The van der Waals surface area contributed by atoms with Crippen LogP contribution in [0.3, 0.4) is 0 Å². The summed E-state index contributed by atoms with van der Waals surface area (Å²) in [6.07, 6.45) is 0. The van der Waals surface area contributed by atoms with E-state index in [0.29, 0.717) is 11.4 Å². The molecule has 0 unspecified atom stereocenters. The zero-order chi connectivity index (χ0) is 8.59. The molecule has 0 aliphatic rings. The molecule has 0 amide bonds. The van der Waals surface area contributed by atoms with E-state index in [1.165, 1.54) is 5.56 Å². The van der Waals surface area contributed by atoms with Crippen molar-refractivity contribution in [2.45, 2.75) is 20.8 Å². The number of nitrogen functional groups attached to an aromatic ring is 2. The monoisotopic (exact) mass is 149 g/mol. The zero-order valence-electron chi connectivity index (χ0n) is 7.15. The fourth-order valence-corrected chi connectivity index (χ4v) is 1.05. The SMILES string of the molecule is Cc1[c]c(N)c(N)c(C)c1C. The fourth-order valence-electron chi connectivity index (χ4n) is 1.05. The van der Waals surface area contributed by atoms with E-state index >= 15 is 0 Å². The maximum Gasteiger partial charge on any atom is 0.0633 e. The van der Waals surface area contributed by atoms with Gasteiger partial charge in [0.2, 0.25) is 0 Å². The number of anilines is 2. The predicted octanol–water partition coefficient (Wildman–Crippen LogP) is 1.58. The Hall–Kier alpha value is -1.18. The van der Waals surface area contributed by atoms with Crippen LogP contribution >= 0.6 is 0 Å². The fraction of sp³-hybridized carbons (Fsp3) is 0.333. The van der Waals surface area contributed by atoms with E-state index < -0.39 is 0 Å². The van der Waals surface area contributed by atoms with Gasteiger partial charge in [-0.2, -0.15) is 0 Å². The number of hydrogen-bond donors (Lipinski definition) is 2. The second kappa shape index (κ2) is 2.46. The first-order valence-corrected chi connectivity index (χ1v) is 3.58. The highest BCUT2D eigenvalue weighted by Crippen LogP contribution is 2.24. The number of hydrogen-bond acceptors (Lipinski definition) is 2. The number of rotatable bonds is 0. The Balaban J connectivity index is 3.46. The summed E-state index contributed by atoms with van der Waals surface area (Å²) in [5.74, 6) is 0. The van der Waals surface area contributed by atoms with Gasteiger partial charge in [0.05, 0.1) is 11.4 Å². The molecule has 1 aromatic rings. The van der Waals surface area contributed by atoms with E-state index in [2.05, 4.69) is 6.07 Å². The Bertz CT molecular complexity index is 264. The van der Waals surface area contributed by atoms with E-state index in [0.717, 1.165) is 11.1 Å². The molecule has 0 spiro atoms. The molecule has 0 saturated heterocycles. The van der Waals surface area contributed by atoms with E-state index in [9.17, 15) is 0 Å². The van der Waals surface area contributed by atoms with Gasteiger partial charge in [0.1, 0.15) is 0 Å². The van der Waals surface area contributed by atoms with Gasteiger partial charge >= 0.3 is 0 Å². The molecule has 59 valence electrons. The molecule has 11 heavy (non-hydrogen) atoms. The van der Waals surface area contributed by atoms with Gasteiger partial charge in [-0.25, -0.2) is 0 Å². The quantitative estimate of drug-likeness (QED) is 0.550. The lowest BCUT2D eigenvalue weighted by Gasteiger charge is -2.09. The van der Waals surface area contributed by atoms with Gasteiger partial charge in [-0.1, -0.05) is 0 Å². The van der Waals surface area contributed by atoms with Crippen LogP contribution in [0.2, 0.25) is 0 Å². The zero-order valence-corrected chi connectivity index (χ0v) is 7.15. The molecule has 2 heteroatoms. The van der Waals surface area contributed by atoms with Gasteiger partial charge < -0.3 is 11.5 Å². The summed E-state index contributed by atoms with van der Waals surface area (Å²) >= 11 is 0. The molecule has 0 fully saturated rings. The summed E-state index contributed by atoms with van der Waals surface area (Å²) in [4.78, 5) is 0. The highest BCUT2D eigenvalue weighted by atomic mass is 14.7. The van der Waals surface area contributed by atoms with Crippen LogP contribution in [0.4, 0.5) is 11.4 Å². The second-order valence-electron chi connectivity index (χ2n) is 2.83. The summed E-state index contributed by atoms with van der Waals surface area (Å²) in [5.41, 5.74) is 15.8. The van der Waals surface area contributed by atoms with Crippen LogP contribution in [0.25, 0.3) is 0 Å². The maximum absolute atomic E-state index is 5.70. The molecule has 1 aromatic carbocycles. The van der Waals surface area contributed by atoms with Crippen LogP contribution < -0.4 is 11.5 Å². The van der Waals surface area contributed by atoms with Gasteiger partial charge in [0, 0.05) is 6.07 Å². The van der Waals surface area contributed by atoms with Crippen LogP contribution in [0, 0.1) is 26.8 Å². The van der Waals surface area contributed by atoms with E-state index in [1.807, 2.05) is 20.8 Å². The predicted molar refractivity (Wildman–Crippen MR) is 48.3 cm³/mol. The van der Waals surface area contributed by atoms with Crippen molar-refractivity contribution >= 4 is 11.4 Å². The smallest absolute Gasteiger partial charge is 0.0633 e. The summed E-state index contributed by atoms with van der Waals surface area (Å²) in [5, 5.41) is 0. The lowest BCUT2D eigenvalue weighted by atomic mass is 10.0. The molecule has 0 aromatic heterocycles. The number of benzene rings is 1. The molecule has 0 aliphatic heterocycles.